The summed E-state index contributed by atoms with van der Waals surface area (Å²) in [6, 6.07) is 13.4. The largest absolute Gasteiger partial charge is 0.465 e. The molecule has 7 nitrogen and oxygen atoms in total. The van der Waals surface area contributed by atoms with Gasteiger partial charge in [0.15, 0.2) is 0 Å². The van der Waals surface area contributed by atoms with Gasteiger partial charge in [-0.15, -0.1) is 11.3 Å². The molecule has 0 aliphatic carbocycles. The van der Waals surface area contributed by atoms with E-state index in [0.717, 1.165) is 18.4 Å². The Kier molecular flexibility index (Phi) is 6.02. The van der Waals surface area contributed by atoms with Crippen LogP contribution in [0, 0.1) is 13.8 Å². The molecule has 0 spiro atoms. The first-order chi connectivity index (χ1) is 14.1. The van der Waals surface area contributed by atoms with Crippen LogP contribution in [0.1, 0.15) is 20.8 Å². The van der Waals surface area contributed by atoms with E-state index in [9.17, 15) is 21.6 Å². The van der Waals surface area contributed by atoms with Crippen molar-refractivity contribution >= 4 is 43.0 Å². The average molecular weight is 466 g/mol. The molecule has 0 N–H and O–H groups in total. The SMILES string of the molecule is COC(=O)c1sccc1N(S(=O)(=O)c1ccccc1C)S(=O)(=O)c1ccccc1C. The molecule has 0 bridgehead atoms. The molecule has 1 heterocycles. The molecule has 3 rings (SSSR count). The number of aryl methyl sites for hydroxylation is 2. The Balaban J connectivity index is 2.37. The average Bonchev–Trinajstić information content (AvgIpc) is 3.16. The first kappa shape index (κ1) is 22.0. The maximum Gasteiger partial charge on any atom is 0.350 e. The van der Waals surface area contributed by atoms with Crippen LogP contribution in [0.25, 0.3) is 0 Å². The summed E-state index contributed by atoms with van der Waals surface area (Å²) in [6.45, 7) is 3.14. The molecular weight excluding hydrogens is 446 g/mol. The predicted octanol–water partition coefficient (Wildman–Crippen LogP) is 3.74. The Labute approximate surface area is 179 Å². The quantitative estimate of drug-likeness (QED) is 0.515. The summed E-state index contributed by atoms with van der Waals surface area (Å²) in [7, 11) is -8.05. The Hall–Kier alpha value is -2.69. The molecule has 0 aliphatic heterocycles. The fourth-order valence-corrected chi connectivity index (χ4v) is 8.00. The zero-order valence-electron chi connectivity index (χ0n) is 16.4. The second-order valence-corrected chi connectivity index (χ2v) is 11.0. The van der Waals surface area contributed by atoms with Crippen LogP contribution >= 0.6 is 11.3 Å². The van der Waals surface area contributed by atoms with Gasteiger partial charge in [0.05, 0.1) is 22.6 Å². The molecule has 0 unspecified atom stereocenters. The fourth-order valence-electron chi connectivity index (χ4n) is 2.95. The summed E-state index contributed by atoms with van der Waals surface area (Å²) in [5.41, 5.74) is 0.466. The predicted molar refractivity (Wildman–Crippen MR) is 115 cm³/mol. The van der Waals surface area contributed by atoms with Crippen LogP contribution in [0.15, 0.2) is 69.8 Å². The number of esters is 1. The van der Waals surface area contributed by atoms with Crippen molar-refractivity contribution in [3.63, 3.8) is 0 Å². The van der Waals surface area contributed by atoms with Crippen LogP contribution in [0.4, 0.5) is 5.69 Å². The maximum absolute atomic E-state index is 13.6. The summed E-state index contributed by atoms with van der Waals surface area (Å²) in [6.07, 6.45) is 0. The lowest BCUT2D eigenvalue weighted by Gasteiger charge is -2.25. The molecule has 0 aliphatic rings. The topological polar surface area (TPSA) is 97.8 Å². The maximum atomic E-state index is 13.6. The Morgan fingerprint density at radius 1 is 0.833 bits per heavy atom. The number of ether oxygens (including phenoxy) is 1. The highest BCUT2D eigenvalue weighted by molar-refractivity contribution is 8.10. The number of hydrogen-bond acceptors (Lipinski definition) is 7. The molecule has 0 saturated carbocycles. The van der Waals surface area contributed by atoms with E-state index in [1.165, 1.54) is 35.7 Å². The van der Waals surface area contributed by atoms with Gasteiger partial charge in [-0.05, 0) is 48.6 Å². The number of carbonyl (C=O) groups excluding carboxylic acids is 1. The van der Waals surface area contributed by atoms with Gasteiger partial charge in [0.2, 0.25) is 0 Å². The van der Waals surface area contributed by atoms with E-state index in [0.29, 0.717) is 14.8 Å². The van der Waals surface area contributed by atoms with Crippen molar-refractivity contribution in [1.29, 1.82) is 0 Å². The third-order valence-corrected chi connectivity index (χ3v) is 9.75. The molecule has 158 valence electrons. The van der Waals surface area contributed by atoms with Gasteiger partial charge in [-0.2, -0.15) is 20.5 Å². The van der Waals surface area contributed by atoms with E-state index < -0.39 is 26.0 Å². The van der Waals surface area contributed by atoms with Gasteiger partial charge in [-0.25, -0.2) is 4.79 Å². The van der Waals surface area contributed by atoms with E-state index in [1.54, 1.807) is 38.1 Å². The number of nitrogens with zero attached hydrogens (tertiary/aromatic N) is 1. The van der Waals surface area contributed by atoms with Crippen molar-refractivity contribution in [3.05, 3.63) is 76.0 Å². The number of thiophene rings is 1. The lowest BCUT2D eigenvalue weighted by Crippen LogP contribution is -2.38. The number of anilines is 1. The van der Waals surface area contributed by atoms with Gasteiger partial charge in [-0.1, -0.05) is 36.4 Å². The third kappa shape index (κ3) is 3.73. The first-order valence-electron chi connectivity index (χ1n) is 8.70. The van der Waals surface area contributed by atoms with Crippen LogP contribution < -0.4 is 3.71 Å². The minimum atomic E-state index is -4.60. The monoisotopic (exact) mass is 465 g/mol. The molecule has 3 aromatic rings. The van der Waals surface area contributed by atoms with Crippen molar-refractivity contribution in [2.24, 2.45) is 0 Å². The number of rotatable bonds is 6. The van der Waals surface area contributed by atoms with E-state index in [4.69, 9.17) is 4.74 Å². The summed E-state index contributed by atoms with van der Waals surface area (Å²) in [4.78, 5) is 11.7. The van der Waals surface area contributed by atoms with Gasteiger partial charge >= 0.3 is 5.97 Å². The van der Waals surface area contributed by atoms with Crippen molar-refractivity contribution in [2.45, 2.75) is 23.6 Å². The number of hydrogen-bond donors (Lipinski definition) is 0. The molecule has 0 atom stereocenters. The number of benzene rings is 2. The highest BCUT2D eigenvalue weighted by atomic mass is 32.3. The molecule has 0 amide bonds. The second kappa shape index (κ2) is 8.21. The minimum Gasteiger partial charge on any atom is -0.465 e. The van der Waals surface area contributed by atoms with E-state index in [1.807, 2.05) is 0 Å². The van der Waals surface area contributed by atoms with E-state index >= 15 is 0 Å². The summed E-state index contributed by atoms with van der Waals surface area (Å²) in [5, 5.41) is 1.44. The molecule has 0 radical (unpaired) electrons. The lowest BCUT2D eigenvalue weighted by atomic mass is 10.2. The van der Waals surface area contributed by atoms with Crippen LogP contribution in [-0.2, 0) is 24.8 Å². The van der Waals surface area contributed by atoms with E-state index in [2.05, 4.69) is 0 Å². The first-order valence-corrected chi connectivity index (χ1v) is 12.5. The third-order valence-electron chi connectivity index (χ3n) is 4.39. The van der Waals surface area contributed by atoms with Gasteiger partial charge in [-0.3, -0.25) is 0 Å². The number of carbonyl (C=O) groups is 1. The number of sulfonamides is 2. The van der Waals surface area contributed by atoms with Gasteiger partial charge in [0, 0.05) is 0 Å². The standard InChI is InChI=1S/C20H19NO6S3/c1-14-8-4-6-10-17(14)29(23,24)21(16-12-13-28-19(16)20(22)27-3)30(25,26)18-11-7-5-9-15(18)2/h4-13H,1-3H3. The number of methoxy groups -OCH3 is 1. The van der Waals surface area contributed by atoms with Crippen molar-refractivity contribution < 1.29 is 26.4 Å². The van der Waals surface area contributed by atoms with Crippen molar-refractivity contribution in [1.82, 2.24) is 0 Å². The normalized spacial score (nSPS) is 11.8. The van der Waals surface area contributed by atoms with Crippen LogP contribution in [0.5, 0.6) is 0 Å². The van der Waals surface area contributed by atoms with Crippen molar-refractivity contribution in [2.75, 3.05) is 10.8 Å². The highest BCUT2D eigenvalue weighted by Crippen LogP contribution is 2.37. The highest BCUT2D eigenvalue weighted by Gasteiger charge is 2.40. The van der Waals surface area contributed by atoms with Crippen molar-refractivity contribution in [3.8, 4) is 0 Å². The smallest absolute Gasteiger partial charge is 0.350 e. The Bertz CT molecular complexity index is 1230. The Morgan fingerprint density at radius 2 is 1.30 bits per heavy atom. The molecule has 30 heavy (non-hydrogen) atoms. The van der Waals surface area contributed by atoms with Crippen LogP contribution in [0.3, 0.4) is 0 Å². The molecule has 10 heteroatoms. The van der Waals surface area contributed by atoms with Gasteiger partial charge < -0.3 is 4.74 Å². The molecule has 1 aromatic heterocycles. The molecule has 0 saturated heterocycles. The molecule has 2 aromatic carbocycles. The van der Waals surface area contributed by atoms with Gasteiger partial charge in [0.25, 0.3) is 20.0 Å². The van der Waals surface area contributed by atoms with E-state index in [-0.39, 0.29) is 20.4 Å². The zero-order chi connectivity index (χ0) is 22.1. The zero-order valence-corrected chi connectivity index (χ0v) is 18.8. The molecule has 0 fully saturated rings. The van der Waals surface area contributed by atoms with Crippen LogP contribution in [0.2, 0.25) is 0 Å². The lowest BCUT2D eigenvalue weighted by molar-refractivity contribution is 0.0607. The van der Waals surface area contributed by atoms with Crippen LogP contribution in [-0.4, -0.2) is 29.9 Å². The summed E-state index contributed by atoms with van der Waals surface area (Å²) >= 11 is 0.896. The summed E-state index contributed by atoms with van der Waals surface area (Å²) < 4.78 is 59.6. The fraction of sp³-hybridized carbons (Fsp3) is 0.150. The van der Waals surface area contributed by atoms with Gasteiger partial charge in [0.1, 0.15) is 4.88 Å². The molecular formula is C20H19NO6S3. The summed E-state index contributed by atoms with van der Waals surface area (Å²) in [5.74, 6) is -0.829. The second-order valence-electron chi connectivity index (χ2n) is 6.36. The minimum absolute atomic E-state index is 0.133. The Morgan fingerprint density at radius 3 is 1.73 bits per heavy atom.